The van der Waals surface area contributed by atoms with Crippen LogP contribution in [0.5, 0.6) is 0 Å². The number of amides is 1. The SMILES string of the molecule is Cn1cnnc1-c1cc(Cl)ccc1-c1ccc2c(c1)C(=O)N(c1cc(CNCC3CC3)cc(C(F)(F)F)n1)C2. The first-order chi connectivity index (χ1) is 18.7. The monoisotopic (exact) mass is 552 g/mol. The Labute approximate surface area is 227 Å². The van der Waals surface area contributed by atoms with E-state index in [9.17, 15) is 18.0 Å². The Morgan fingerprint density at radius 3 is 2.59 bits per heavy atom. The van der Waals surface area contributed by atoms with E-state index >= 15 is 0 Å². The van der Waals surface area contributed by atoms with Gasteiger partial charge in [-0.1, -0.05) is 29.8 Å². The Bertz CT molecular complexity index is 1580. The third-order valence-corrected chi connectivity index (χ3v) is 7.29. The van der Waals surface area contributed by atoms with Gasteiger partial charge in [0.25, 0.3) is 5.91 Å². The molecule has 1 saturated carbocycles. The van der Waals surface area contributed by atoms with Crippen molar-refractivity contribution in [2.24, 2.45) is 13.0 Å². The highest BCUT2D eigenvalue weighted by atomic mass is 35.5. The third-order valence-electron chi connectivity index (χ3n) is 7.06. The Morgan fingerprint density at radius 2 is 1.87 bits per heavy atom. The fourth-order valence-electron chi connectivity index (χ4n) is 4.83. The predicted octanol–water partition coefficient (Wildman–Crippen LogP) is 5.88. The number of rotatable bonds is 7. The Kier molecular flexibility index (Phi) is 6.39. The van der Waals surface area contributed by atoms with E-state index in [-0.39, 0.29) is 18.9 Å². The van der Waals surface area contributed by atoms with Crippen molar-refractivity contribution in [1.82, 2.24) is 25.1 Å². The largest absolute Gasteiger partial charge is 0.433 e. The van der Waals surface area contributed by atoms with Crippen LogP contribution in [0.15, 0.2) is 54.9 Å². The summed E-state index contributed by atoms with van der Waals surface area (Å²) < 4.78 is 42.9. The topological polar surface area (TPSA) is 75.9 Å². The van der Waals surface area contributed by atoms with Gasteiger partial charge in [-0.2, -0.15) is 13.2 Å². The Morgan fingerprint density at radius 1 is 1.05 bits per heavy atom. The average molecular weight is 553 g/mol. The smallest absolute Gasteiger partial charge is 0.317 e. The molecule has 39 heavy (non-hydrogen) atoms. The zero-order chi connectivity index (χ0) is 27.3. The molecule has 0 saturated heterocycles. The molecule has 3 heterocycles. The number of anilines is 1. The molecule has 2 aliphatic rings. The maximum Gasteiger partial charge on any atom is 0.433 e. The van der Waals surface area contributed by atoms with Crippen molar-refractivity contribution in [2.45, 2.75) is 32.1 Å². The van der Waals surface area contributed by atoms with Crippen LogP contribution >= 0.6 is 11.6 Å². The second kappa shape index (κ2) is 9.77. The molecule has 1 aliphatic heterocycles. The fraction of sp³-hybridized carbons (Fsp3) is 0.286. The van der Waals surface area contributed by atoms with Gasteiger partial charge in [0, 0.05) is 29.7 Å². The summed E-state index contributed by atoms with van der Waals surface area (Å²) in [6, 6.07) is 13.5. The lowest BCUT2D eigenvalue weighted by atomic mass is 9.96. The first-order valence-electron chi connectivity index (χ1n) is 12.6. The Balaban J connectivity index is 1.33. The molecular formula is C28H24ClF3N6O. The quantitative estimate of drug-likeness (QED) is 0.310. The van der Waals surface area contributed by atoms with Crippen LogP contribution in [0.25, 0.3) is 22.5 Å². The van der Waals surface area contributed by atoms with Crippen LogP contribution in [0.3, 0.4) is 0 Å². The van der Waals surface area contributed by atoms with Crippen molar-refractivity contribution < 1.29 is 18.0 Å². The van der Waals surface area contributed by atoms with E-state index in [1.54, 1.807) is 35.2 Å². The van der Waals surface area contributed by atoms with Crippen molar-refractivity contribution in [1.29, 1.82) is 0 Å². The zero-order valence-corrected chi connectivity index (χ0v) is 21.7. The van der Waals surface area contributed by atoms with Crippen molar-refractivity contribution in [3.8, 4) is 22.5 Å². The standard InChI is InChI=1S/C28H24ClF3N6O/c1-37-15-34-36-26(37)23-11-20(29)6-7-21(23)18-4-5-19-14-38(27(39)22(19)10-18)25-9-17(13-33-12-16-2-3-16)8-24(35-25)28(30,31)32/h4-11,15-16,33H,2-3,12-14H2,1H3. The molecule has 200 valence electrons. The van der Waals surface area contributed by atoms with Crippen LogP contribution in [-0.2, 0) is 26.3 Å². The number of nitrogens with zero attached hydrogens (tertiary/aromatic N) is 5. The molecule has 2 aromatic carbocycles. The predicted molar refractivity (Wildman–Crippen MR) is 141 cm³/mol. The molecule has 2 aromatic heterocycles. The van der Waals surface area contributed by atoms with Crippen LogP contribution in [0.2, 0.25) is 5.02 Å². The number of nitrogens with one attached hydrogen (secondary N) is 1. The number of fused-ring (bicyclic) bond motifs is 1. The van der Waals surface area contributed by atoms with Gasteiger partial charge < -0.3 is 9.88 Å². The van der Waals surface area contributed by atoms with Gasteiger partial charge in [-0.05, 0) is 77.9 Å². The maximum absolute atomic E-state index is 13.7. The number of hydrogen-bond donors (Lipinski definition) is 1. The normalized spacial score (nSPS) is 15.2. The minimum absolute atomic E-state index is 0.0120. The molecule has 0 bridgehead atoms. The van der Waals surface area contributed by atoms with E-state index in [0.29, 0.717) is 33.5 Å². The van der Waals surface area contributed by atoms with Gasteiger partial charge >= 0.3 is 6.18 Å². The number of carbonyl (C=O) groups is 1. The van der Waals surface area contributed by atoms with Gasteiger partial charge in [-0.25, -0.2) is 4.98 Å². The van der Waals surface area contributed by atoms with Gasteiger partial charge in [0.05, 0.1) is 6.54 Å². The van der Waals surface area contributed by atoms with Crippen LogP contribution in [0, 0.1) is 5.92 Å². The minimum Gasteiger partial charge on any atom is -0.317 e. The van der Waals surface area contributed by atoms with Crippen molar-refractivity contribution in [3.05, 3.63) is 82.3 Å². The molecule has 0 spiro atoms. The molecule has 0 radical (unpaired) electrons. The Hall–Kier alpha value is -3.76. The van der Waals surface area contributed by atoms with E-state index in [1.807, 2.05) is 25.2 Å². The molecule has 1 amide bonds. The summed E-state index contributed by atoms with van der Waals surface area (Å²) in [5, 5.41) is 11.9. The molecule has 1 fully saturated rings. The van der Waals surface area contributed by atoms with Crippen molar-refractivity contribution in [3.63, 3.8) is 0 Å². The summed E-state index contributed by atoms with van der Waals surface area (Å²) in [5.74, 6) is 0.788. The van der Waals surface area contributed by atoms with Crippen LogP contribution in [-0.4, -0.2) is 32.2 Å². The minimum atomic E-state index is -4.63. The van der Waals surface area contributed by atoms with E-state index < -0.39 is 17.8 Å². The lowest BCUT2D eigenvalue weighted by Gasteiger charge is -2.18. The molecule has 0 unspecified atom stereocenters. The van der Waals surface area contributed by atoms with Crippen molar-refractivity contribution in [2.75, 3.05) is 11.4 Å². The van der Waals surface area contributed by atoms with E-state index in [2.05, 4.69) is 20.5 Å². The summed E-state index contributed by atoms with van der Waals surface area (Å²) in [4.78, 5) is 18.7. The second-order valence-electron chi connectivity index (χ2n) is 10.0. The molecule has 1 aliphatic carbocycles. The molecule has 1 N–H and O–H groups in total. The number of aryl methyl sites for hydroxylation is 1. The van der Waals surface area contributed by atoms with Crippen molar-refractivity contribution >= 4 is 23.3 Å². The van der Waals surface area contributed by atoms with Crippen LogP contribution in [0.4, 0.5) is 19.0 Å². The number of carbonyl (C=O) groups excluding carboxylic acids is 1. The highest BCUT2D eigenvalue weighted by Gasteiger charge is 2.36. The van der Waals surface area contributed by atoms with Gasteiger partial charge in [0.15, 0.2) is 5.82 Å². The summed E-state index contributed by atoms with van der Waals surface area (Å²) in [7, 11) is 1.82. The lowest BCUT2D eigenvalue weighted by Crippen LogP contribution is -2.26. The first kappa shape index (κ1) is 25.5. The molecule has 4 aromatic rings. The lowest BCUT2D eigenvalue weighted by molar-refractivity contribution is -0.141. The molecule has 0 atom stereocenters. The zero-order valence-electron chi connectivity index (χ0n) is 21.0. The summed E-state index contributed by atoms with van der Waals surface area (Å²) in [5.41, 5.74) is 2.84. The number of pyridine rings is 1. The number of halogens is 4. The highest BCUT2D eigenvalue weighted by Crippen LogP contribution is 2.37. The average Bonchev–Trinajstić information content (AvgIpc) is 3.53. The van der Waals surface area contributed by atoms with E-state index in [1.165, 1.54) is 4.90 Å². The third kappa shape index (κ3) is 5.14. The highest BCUT2D eigenvalue weighted by molar-refractivity contribution is 6.31. The molecule has 7 nitrogen and oxygen atoms in total. The summed E-state index contributed by atoms with van der Waals surface area (Å²) in [6.45, 7) is 1.17. The molecule has 11 heteroatoms. The van der Waals surface area contributed by atoms with E-state index in [4.69, 9.17) is 11.6 Å². The fourth-order valence-corrected chi connectivity index (χ4v) is 5.01. The second-order valence-corrected chi connectivity index (χ2v) is 10.4. The van der Waals surface area contributed by atoms with Crippen LogP contribution in [0.1, 0.15) is 40.0 Å². The number of aromatic nitrogens is 4. The van der Waals surface area contributed by atoms with Gasteiger partial charge in [0.1, 0.15) is 17.8 Å². The van der Waals surface area contributed by atoms with Gasteiger partial charge in [0.2, 0.25) is 0 Å². The number of alkyl halides is 3. The van der Waals surface area contributed by atoms with Gasteiger partial charge in [-0.3, -0.25) is 9.69 Å². The maximum atomic E-state index is 13.7. The van der Waals surface area contributed by atoms with Crippen LogP contribution < -0.4 is 10.2 Å². The summed E-state index contributed by atoms with van der Waals surface area (Å²) in [6.07, 6.45) is -0.765. The van der Waals surface area contributed by atoms with E-state index in [0.717, 1.165) is 42.1 Å². The molecular weight excluding hydrogens is 529 g/mol. The number of hydrogen-bond acceptors (Lipinski definition) is 5. The summed E-state index contributed by atoms with van der Waals surface area (Å²) >= 11 is 6.28. The first-order valence-corrected chi connectivity index (χ1v) is 12.9. The molecule has 6 rings (SSSR count). The van der Waals surface area contributed by atoms with Gasteiger partial charge in [-0.15, -0.1) is 10.2 Å². The number of benzene rings is 2.